The first-order valence-electron chi connectivity index (χ1n) is 8.81. The summed E-state index contributed by atoms with van der Waals surface area (Å²) in [6.45, 7) is 2.90. The van der Waals surface area contributed by atoms with E-state index in [0.717, 1.165) is 31.5 Å². The van der Waals surface area contributed by atoms with Crippen LogP contribution in [0.5, 0.6) is 0 Å². The standard InChI is InChI=1S/C20H24N4O/c1-2-3-8-20(25)24-19-10-9-16(14-23-19)21-12-11-15-13-22-18-7-5-4-6-17(15)18/h4-7,9-10,13-14,21-22H,2-3,8,11-12H2,1H3,(H,23,24,25). The molecular formula is C20H24N4O. The van der Waals surface area contributed by atoms with Gasteiger partial charge in [0.25, 0.3) is 0 Å². The number of benzene rings is 1. The predicted octanol–water partition coefficient (Wildman–Crippen LogP) is 4.35. The molecule has 130 valence electrons. The van der Waals surface area contributed by atoms with E-state index in [2.05, 4.69) is 51.9 Å². The summed E-state index contributed by atoms with van der Waals surface area (Å²) in [6, 6.07) is 12.1. The third-order valence-corrected chi connectivity index (χ3v) is 4.19. The zero-order chi connectivity index (χ0) is 17.5. The van der Waals surface area contributed by atoms with E-state index < -0.39 is 0 Å². The van der Waals surface area contributed by atoms with Gasteiger partial charge in [0.2, 0.25) is 5.91 Å². The number of anilines is 2. The number of rotatable bonds is 8. The van der Waals surface area contributed by atoms with Gasteiger partial charge in [-0.15, -0.1) is 0 Å². The number of para-hydroxylation sites is 1. The van der Waals surface area contributed by atoms with Crippen molar-refractivity contribution in [3.8, 4) is 0 Å². The Labute approximate surface area is 147 Å². The largest absolute Gasteiger partial charge is 0.383 e. The second kappa shape index (κ2) is 8.33. The number of amides is 1. The van der Waals surface area contributed by atoms with Gasteiger partial charge < -0.3 is 15.6 Å². The molecule has 0 spiro atoms. The van der Waals surface area contributed by atoms with E-state index >= 15 is 0 Å². The third kappa shape index (κ3) is 4.59. The van der Waals surface area contributed by atoms with Crippen molar-refractivity contribution in [2.24, 2.45) is 0 Å². The number of pyridine rings is 1. The van der Waals surface area contributed by atoms with Crippen molar-refractivity contribution < 1.29 is 4.79 Å². The molecule has 0 radical (unpaired) electrons. The molecule has 0 aliphatic carbocycles. The lowest BCUT2D eigenvalue weighted by Crippen LogP contribution is -2.12. The van der Waals surface area contributed by atoms with Crippen LogP contribution in [0.1, 0.15) is 31.7 Å². The van der Waals surface area contributed by atoms with Gasteiger partial charge in [0, 0.05) is 30.1 Å². The molecule has 0 fully saturated rings. The smallest absolute Gasteiger partial charge is 0.225 e. The van der Waals surface area contributed by atoms with Crippen molar-refractivity contribution in [1.82, 2.24) is 9.97 Å². The average Bonchev–Trinajstić information content (AvgIpc) is 3.05. The fourth-order valence-electron chi connectivity index (χ4n) is 2.80. The number of hydrogen-bond acceptors (Lipinski definition) is 3. The van der Waals surface area contributed by atoms with Crippen LogP contribution >= 0.6 is 0 Å². The first-order chi connectivity index (χ1) is 12.3. The van der Waals surface area contributed by atoms with Crippen molar-refractivity contribution >= 4 is 28.3 Å². The molecule has 2 heterocycles. The molecule has 3 N–H and O–H groups in total. The maximum absolute atomic E-state index is 11.7. The molecular weight excluding hydrogens is 312 g/mol. The van der Waals surface area contributed by atoms with E-state index in [1.165, 1.54) is 16.5 Å². The monoisotopic (exact) mass is 336 g/mol. The van der Waals surface area contributed by atoms with Gasteiger partial charge in [-0.05, 0) is 36.6 Å². The van der Waals surface area contributed by atoms with Gasteiger partial charge in [-0.3, -0.25) is 4.79 Å². The maximum atomic E-state index is 11.7. The number of nitrogens with one attached hydrogen (secondary N) is 3. The van der Waals surface area contributed by atoms with Gasteiger partial charge in [-0.1, -0.05) is 31.5 Å². The first kappa shape index (κ1) is 17.0. The summed E-state index contributed by atoms with van der Waals surface area (Å²) in [4.78, 5) is 19.3. The van der Waals surface area contributed by atoms with Gasteiger partial charge in [0.1, 0.15) is 5.82 Å². The number of unbranched alkanes of at least 4 members (excludes halogenated alkanes) is 1. The van der Waals surface area contributed by atoms with Crippen molar-refractivity contribution in [3.63, 3.8) is 0 Å². The van der Waals surface area contributed by atoms with Crippen LogP contribution in [0, 0.1) is 0 Å². The van der Waals surface area contributed by atoms with E-state index in [0.29, 0.717) is 12.2 Å². The van der Waals surface area contributed by atoms with Gasteiger partial charge in [0.05, 0.1) is 11.9 Å². The molecule has 0 saturated carbocycles. The number of nitrogens with zero attached hydrogens (tertiary/aromatic N) is 1. The van der Waals surface area contributed by atoms with E-state index in [-0.39, 0.29) is 5.91 Å². The summed E-state index contributed by atoms with van der Waals surface area (Å²) >= 11 is 0. The molecule has 2 aromatic heterocycles. The molecule has 25 heavy (non-hydrogen) atoms. The van der Waals surface area contributed by atoms with Gasteiger partial charge >= 0.3 is 0 Å². The number of carbonyl (C=O) groups is 1. The maximum Gasteiger partial charge on any atom is 0.225 e. The highest BCUT2D eigenvalue weighted by atomic mass is 16.1. The summed E-state index contributed by atoms with van der Waals surface area (Å²) in [7, 11) is 0. The van der Waals surface area contributed by atoms with Crippen LogP contribution in [0.15, 0.2) is 48.8 Å². The third-order valence-electron chi connectivity index (χ3n) is 4.19. The Hall–Kier alpha value is -2.82. The molecule has 1 aromatic carbocycles. The van der Waals surface area contributed by atoms with Gasteiger partial charge in [0.15, 0.2) is 0 Å². The minimum absolute atomic E-state index is 0.0226. The quantitative estimate of drug-likeness (QED) is 0.573. The zero-order valence-electron chi connectivity index (χ0n) is 14.5. The fraction of sp³-hybridized carbons (Fsp3) is 0.300. The molecule has 5 heteroatoms. The minimum atomic E-state index is 0.0226. The Bertz CT molecular complexity index is 823. The van der Waals surface area contributed by atoms with Crippen LogP contribution < -0.4 is 10.6 Å². The predicted molar refractivity (Wildman–Crippen MR) is 103 cm³/mol. The van der Waals surface area contributed by atoms with Crippen LogP contribution in [0.2, 0.25) is 0 Å². The van der Waals surface area contributed by atoms with E-state index in [1.54, 1.807) is 6.20 Å². The summed E-state index contributed by atoms with van der Waals surface area (Å²) in [5, 5.41) is 7.46. The number of aromatic nitrogens is 2. The SMILES string of the molecule is CCCCC(=O)Nc1ccc(NCCc2c[nH]c3ccccc23)cn1. The molecule has 0 aliphatic heterocycles. The van der Waals surface area contributed by atoms with Gasteiger partial charge in [-0.25, -0.2) is 4.98 Å². The van der Waals surface area contributed by atoms with Crippen LogP contribution in [0.4, 0.5) is 11.5 Å². The Morgan fingerprint density at radius 2 is 2.08 bits per heavy atom. The topological polar surface area (TPSA) is 69.8 Å². The number of carbonyl (C=O) groups excluding carboxylic acids is 1. The minimum Gasteiger partial charge on any atom is -0.383 e. The highest BCUT2D eigenvalue weighted by Crippen LogP contribution is 2.18. The highest BCUT2D eigenvalue weighted by molar-refractivity contribution is 5.89. The lowest BCUT2D eigenvalue weighted by atomic mass is 10.1. The van der Waals surface area contributed by atoms with Crippen molar-refractivity contribution in [2.75, 3.05) is 17.2 Å². The van der Waals surface area contributed by atoms with E-state index in [9.17, 15) is 4.79 Å². The normalized spacial score (nSPS) is 10.8. The second-order valence-corrected chi connectivity index (χ2v) is 6.12. The zero-order valence-corrected chi connectivity index (χ0v) is 14.5. The Balaban J connectivity index is 1.49. The van der Waals surface area contributed by atoms with E-state index in [1.807, 2.05) is 18.2 Å². The number of fused-ring (bicyclic) bond motifs is 1. The van der Waals surface area contributed by atoms with Crippen LogP contribution in [-0.2, 0) is 11.2 Å². The molecule has 0 atom stereocenters. The molecule has 5 nitrogen and oxygen atoms in total. The summed E-state index contributed by atoms with van der Waals surface area (Å²) in [6.07, 6.45) is 7.21. The van der Waals surface area contributed by atoms with Crippen LogP contribution in [0.3, 0.4) is 0 Å². The van der Waals surface area contributed by atoms with Crippen LogP contribution in [0.25, 0.3) is 10.9 Å². The second-order valence-electron chi connectivity index (χ2n) is 6.12. The van der Waals surface area contributed by atoms with Gasteiger partial charge in [-0.2, -0.15) is 0 Å². The lowest BCUT2D eigenvalue weighted by Gasteiger charge is -2.08. The fourth-order valence-corrected chi connectivity index (χ4v) is 2.80. The van der Waals surface area contributed by atoms with Crippen molar-refractivity contribution in [2.45, 2.75) is 32.6 Å². The molecule has 3 rings (SSSR count). The number of hydrogen-bond donors (Lipinski definition) is 3. The molecule has 1 amide bonds. The van der Waals surface area contributed by atoms with E-state index in [4.69, 9.17) is 0 Å². The Morgan fingerprint density at radius 3 is 2.88 bits per heavy atom. The lowest BCUT2D eigenvalue weighted by molar-refractivity contribution is -0.116. The highest BCUT2D eigenvalue weighted by Gasteiger charge is 2.04. The molecule has 0 aliphatic rings. The average molecular weight is 336 g/mol. The number of H-pyrrole nitrogens is 1. The molecule has 0 saturated heterocycles. The molecule has 0 unspecified atom stereocenters. The summed E-state index contributed by atoms with van der Waals surface area (Å²) < 4.78 is 0. The Kier molecular flexibility index (Phi) is 5.67. The van der Waals surface area contributed by atoms with Crippen molar-refractivity contribution in [3.05, 3.63) is 54.4 Å². The van der Waals surface area contributed by atoms with Crippen molar-refractivity contribution in [1.29, 1.82) is 0 Å². The van der Waals surface area contributed by atoms with Crippen LogP contribution in [-0.4, -0.2) is 22.4 Å². The Morgan fingerprint density at radius 1 is 1.20 bits per heavy atom. The molecule has 0 bridgehead atoms. The first-order valence-corrected chi connectivity index (χ1v) is 8.81. The summed E-state index contributed by atoms with van der Waals surface area (Å²) in [5.74, 6) is 0.623. The summed E-state index contributed by atoms with van der Waals surface area (Å²) in [5.41, 5.74) is 3.42. The number of aromatic amines is 1. The molecule has 3 aromatic rings.